The van der Waals surface area contributed by atoms with Crippen molar-refractivity contribution in [3.8, 4) is 5.75 Å². The largest absolute Gasteiger partial charge is 0.508 e. The second-order valence-electron chi connectivity index (χ2n) is 6.13. The third kappa shape index (κ3) is 4.02. The zero-order chi connectivity index (χ0) is 21.3. The standard InChI is InChI=1S/C19H16F2N4O3S/c1-9(18(23)28)25(11-4-7-13(20)14(21)8-11)19-24-17(22)16(29-19)15(27)10-2-5-12(26)6-3-10/h2-9,26H,22H2,1H3,(H2,23,28). The molecule has 1 amide bonds. The van der Waals surface area contributed by atoms with Gasteiger partial charge in [-0.15, -0.1) is 0 Å². The first kappa shape index (κ1) is 20.2. The van der Waals surface area contributed by atoms with Crippen LogP contribution < -0.4 is 16.4 Å². The lowest BCUT2D eigenvalue weighted by atomic mass is 10.1. The molecule has 0 radical (unpaired) electrons. The van der Waals surface area contributed by atoms with Crippen molar-refractivity contribution in [1.29, 1.82) is 0 Å². The zero-order valence-corrected chi connectivity index (χ0v) is 15.9. The Morgan fingerprint density at radius 1 is 1.14 bits per heavy atom. The summed E-state index contributed by atoms with van der Waals surface area (Å²) in [5, 5.41) is 9.48. The Labute approximate surface area is 168 Å². The topological polar surface area (TPSA) is 123 Å². The van der Waals surface area contributed by atoms with Gasteiger partial charge in [0.1, 0.15) is 22.5 Å². The maximum atomic E-state index is 13.8. The predicted octanol–water partition coefficient (Wildman–Crippen LogP) is 2.95. The van der Waals surface area contributed by atoms with E-state index in [9.17, 15) is 23.5 Å². The van der Waals surface area contributed by atoms with Crippen LogP contribution in [0.4, 0.5) is 25.4 Å². The number of carbonyl (C=O) groups excluding carboxylic acids is 2. The maximum Gasteiger partial charge on any atom is 0.240 e. The number of phenolic OH excluding ortho intramolecular Hbond substituents is 1. The molecule has 29 heavy (non-hydrogen) atoms. The van der Waals surface area contributed by atoms with Crippen LogP contribution in [0.25, 0.3) is 0 Å². The molecule has 7 nitrogen and oxygen atoms in total. The predicted molar refractivity (Wildman–Crippen MR) is 105 cm³/mol. The van der Waals surface area contributed by atoms with Crippen LogP contribution in [-0.2, 0) is 4.79 Å². The van der Waals surface area contributed by atoms with E-state index in [0.29, 0.717) is 0 Å². The van der Waals surface area contributed by atoms with E-state index in [4.69, 9.17) is 11.5 Å². The van der Waals surface area contributed by atoms with Gasteiger partial charge in [0.2, 0.25) is 11.7 Å². The molecule has 0 saturated heterocycles. The normalized spacial score (nSPS) is 11.8. The second kappa shape index (κ2) is 7.84. The van der Waals surface area contributed by atoms with E-state index in [-0.39, 0.29) is 32.8 Å². The number of primary amides is 1. The van der Waals surface area contributed by atoms with Gasteiger partial charge in [-0.05, 0) is 43.3 Å². The molecule has 10 heteroatoms. The van der Waals surface area contributed by atoms with Gasteiger partial charge in [0.25, 0.3) is 0 Å². The molecule has 1 aromatic heterocycles. The zero-order valence-electron chi connectivity index (χ0n) is 15.1. The van der Waals surface area contributed by atoms with Crippen molar-refractivity contribution < 1.29 is 23.5 Å². The fourth-order valence-electron chi connectivity index (χ4n) is 2.59. The van der Waals surface area contributed by atoms with Crippen LogP contribution in [0.5, 0.6) is 5.75 Å². The van der Waals surface area contributed by atoms with E-state index >= 15 is 0 Å². The van der Waals surface area contributed by atoms with Crippen molar-refractivity contribution in [3.63, 3.8) is 0 Å². The lowest BCUT2D eigenvalue weighted by Gasteiger charge is -2.26. The molecule has 0 saturated carbocycles. The number of nitrogen functional groups attached to an aromatic ring is 1. The number of hydrogen-bond donors (Lipinski definition) is 3. The Balaban J connectivity index is 2.06. The molecule has 0 bridgehead atoms. The molecule has 0 spiro atoms. The van der Waals surface area contributed by atoms with Gasteiger partial charge in [-0.25, -0.2) is 13.8 Å². The lowest BCUT2D eigenvalue weighted by molar-refractivity contribution is -0.118. The number of carbonyl (C=O) groups is 2. The Morgan fingerprint density at radius 3 is 2.38 bits per heavy atom. The highest BCUT2D eigenvalue weighted by Crippen LogP contribution is 2.36. The summed E-state index contributed by atoms with van der Waals surface area (Å²) in [6.45, 7) is 1.46. The van der Waals surface area contributed by atoms with Gasteiger partial charge in [0, 0.05) is 17.3 Å². The molecule has 1 unspecified atom stereocenters. The number of amides is 1. The molecule has 3 aromatic rings. The Hall–Kier alpha value is -3.53. The highest BCUT2D eigenvalue weighted by molar-refractivity contribution is 7.18. The van der Waals surface area contributed by atoms with Gasteiger partial charge in [-0.3, -0.25) is 9.59 Å². The monoisotopic (exact) mass is 418 g/mol. The molecule has 2 aromatic carbocycles. The molecular weight excluding hydrogens is 402 g/mol. The number of ketones is 1. The molecule has 1 atom stereocenters. The first-order valence-electron chi connectivity index (χ1n) is 8.32. The van der Waals surface area contributed by atoms with E-state index in [2.05, 4.69) is 4.98 Å². The summed E-state index contributed by atoms with van der Waals surface area (Å²) in [7, 11) is 0. The summed E-state index contributed by atoms with van der Waals surface area (Å²) in [6, 6.07) is 7.64. The molecule has 0 fully saturated rings. The number of rotatable bonds is 6. The average Bonchev–Trinajstić information content (AvgIpc) is 3.05. The van der Waals surface area contributed by atoms with Crippen LogP contribution >= 0.6 is 11.3 Å². The molecule has 1 heterocycles. The molecule has 5 N–H and O–H groups in total. The van der Waals surface area contributed by atoms with E-state index < -0.39 is 29.4 Å². The SMILES string of the molecule is CC(C(N)=O)N(c1ccc(F)c(F)c1)c1nc(N)c(C(=O)c2ccc(O)cc2)s1. The number of aromatic nitrogens is 1. The summed E-state index contributed by atoms with van der Waals surface area (Å²) in [5.41, 5.74) is 11.7. The van der Waals surface area contributed by atoms with E-state index in [1.54, 1.807) is 0 Å². The van der Waals surface area contributed by atoms with Gasteiger partial charge in [0.05, 0.1) is 0 Å². The van der Waals surface area contributed by atoms with Crippen LogP contribution in [0.15, 0.2) is 42.5 Å². The van der Waals surface area contributed by atoms with Crippen molar-refractivity contribution in [2.75, 3.05) is 10.6 Å². The van der Waals surface area contributed by atoms with Crippen molar-refractivity contribution >= 4 is 39.7 Å². The number of nitrogens with two attached hydrogens (primary N) is 2. The number of anilines is 3. The first-order chi connectivity index (χ1) is 13.7. The van der Waals surface area contributed by atoms with Gasteiger partial charge >= 0.3 is 0 Å². The van der Waals surface area contributed by atoms with Crippen LogP contribution in [0.2, 0.25) is 0 Å². The fourth-order valence-corrected chi connectivity index (χ4v) is 3.64. The number of thiazole rings is 1. The highest BCUT2D eigenvalue weighted by Gasteiger charge is 2.28. The third-order valence-electron chi connectivity index (χ3n) is 4.16. The smallest absolute Gasteiger partial charge is 0.240 e. The summed E-state index contributed by atoms with van der Waals surface area (Å²) < 4.78 is 27.1. The average molecular weight is 418 g/mol. The van der Waals surface area contributed by atoms with Gasteiger partial charge < -0.3 is 21.5 Å². The van der Waals surface area contributed by atoms with Crippen LogP contribution in [0, 0.1) is 11.6 Å². The van der Waals surface area contributed by atoms with E-state index in [1.165, 1.54) is 42.2 Å². The Morgan fingerprint density at radius 2 is 1.79 bits per heavy atom. The Kier molecular flexibility index (Phi) is 5.46. The third-order valence-corrected chi connectivity index (χ3v) is 5.23. The van der Waals surface area contributed by atoms with Gasteiger partial charge in [0.15, 0.2) is 16.8 Å². The molecular formula is C19H16F2N4O3S. The van der Waals surface area contributed by atoms with Crippen LogP contribution in [0.3, 0.4) is 0 Å². The Bertz CT molecular complexity index is 1090. The maximum absolute atomic E-state index is 13.8. The van der Waals surface area contributed by atoms with Crippen molar-refractivity contribution in [2.45, 2.75) is 13.0 Å². The highest BCUT2D eigenvalue weighted by atomic mass is 32.1. The van der Waals surface area contributed by atoms with E-state index in [0.717, 1.165) is 23.5 Å². The van der Waals surface area contributed by atoms with Crippen molar-refractivity contribution in [3.05, 3.63) is 64.5 Å². The minimum absolute atomic E-state index is 0.000639. The molecule has 0 aliphatic rings. The van der Waals surface area contributed by atoms with E-state index in [1.807, 2.05) is 0 Å². The quantitative estimate of drug-likeness (QED) is 0.529. The minimum Gasteiger partial charge on any atom is -0.508 e. The molecule has 0 aliphatic heterocycles. The van der Waals surface area contributed by atoms with Gasteiger partial charge in [-0.2, -0.15) is 0 Å². The minimum atomic E-state index is -1.12. The fraction of sp³-hybridized carbons (Fsp3) is 0.105. The second-order valence-corrected chi connectivity index (χ2v) is 7.11. The number of phenols is 1. The molecule has 3 rings (SSSR count). The van der Waals surface area contributed by atoms with Crippen LogP contribution in [0.1, 0.15) is 22.2 Å². The molecule has 150 valence electrons. The number of benzene rings is 2. The number of halogens is 2. The molecule has 0 aliphatic carbocycles. The number of aromatic hydroxyl groups is 1. The summed E-state index contributed by atoms with van der Waals surface area (Å²) in [5.74, 6) is -3.44. The van der Waals surface area contributed by atoms with Crippen molar-refractivity contribution in [2.24, 2.45) is 5.73 Å². The summed E-state index contributed by atoms with van der Waals surface area (Å²) in [4.78, 5) is 30.0. The number of hydrogen-bond acceptors (Lipinski definition) is 7. The van der Waals surface area contributed by atoms with Crippen molar-refractivity contribution in [1.82, 2.24) is 4.98 Å². The summed E-state index contributed by atoms with van der Waals surface area (Å²) in [6.07, 6.45) is 0. The van der Waals surface area contributed by atoms with Crippen LogP contribution in [-0.4, -0.2) is 27.8 Å². The first-order valence-corrected chi connectivity index (χ1v) is 9.14. The lowest BCUT2D eigenvalue weighted by Crippen LogP contribution is -2.40. The number of nitrogens with zero attached hydrogens (tertiary/aromatic N) is 2. The summed E-state index contributed by atoms with van der Waals surface area (Å²) >= 11 is 0.879. The van der Waals surface area contributed by atoms with Gasteiger partial charge in [-0.1, -0.05) is 11.3 Å².